The molecule has 0 rings (SSSR count). The molecule has 0 radical (unpaired) electrons. The van der Waals surface area contributed by atoms with E-state index in [1.165, 1.54) is 6.08 Å². The number of esters is 2. The molecule has 0 aromatic rings. The van der Waals surface area contributed by atoms with Gasteiger partial charge in [-0.25, -0.2) is 9.59 Å². The number of hydrogen-bond acceptors (Lipinski definition) is 5. The zero-order valence-corrected chi connectivity index (χ0v) is 11.6. The minimum Gasteiger partial charge on any atom is -0.463 e. The molecule has 5 heteroatoms. The number of hydrogen-bond donors (Lipinski definition) is 1. The van der Waals surface area contributed by atoms with Gasteiger partial charge in [0.2, 0.25) is 0 Å². The van der Waals surface area contributed by atoms with E-state index in [0.29, 0.717) is 26.1 Å². The predicted octanol–water partition coefficient (Wildman–Crippen LogP) is 2.00. The summed E-state index contributed by atoms with van der Waals surface area (Å²) in [6, 6.07) is 0. The second-order valence-corrected chi connectivity index (χ2v) is 3.53. The van der Waals surface area contributed by atoms with Crippen molar-refractivity contribution in [2.24, 2.45) is 0 Å². The van der Waals surface area contributed by atoms with Crippen molar-refractivity contribution >= 4 is 11.9 Å². The van der Waals surface area contributed by atoms with E-state index in [4.69, 9.17) is 5.11 Å². The number of carbonyl (C=O) groups excluding carboxylic acids is 2. The van der Waals surface area contributed by atoms with Gasteiger partial charge in [-0.1, -0.05) is 26.5 Å². The van der Waals surface area contributed by atoms with E-state index in [1.54, 1.807) is 0 Å². The Balaban J connectivity index is 0. The molecule has 0 fully saturated rings. The molecule has 0 spiro atoms. The van der Waals surface area contributed by atoms with Crippen LogP contribution in [-0.2, 0) is 19.1 Å². The van der Waals surface area contributed by atoms with E-state index in [2.05, 4.69) is 22.6 Å². The van der Waals surface area contributed by atoms with Crippen LogP contribution in [-0.4, -0.2) is 36.9 Å². The first kappa shape index (κ1) is 19.7. The average Bonchev–Trinajstić information content (AvgIpc) is 2.44. The first-order valence-corrected chi connectivity index (χ1v) is 6.31. The standard InChI is InChI=1S/C7H12O3.C7H12O2/c1-2-7(9)10-6-4-3-5-8;1-3-5-6-9-7(8)4-2/h2,8H,1,3-6H2;4H,2-3,5-6H2,1H3. The minimum absolute atomic E-state index is 0.144. The molecular weight excluding hydrogens is 248 g/mol. The van der Waals surface area contributed by atoms with Crippen LogP contribution >= 0.6 is 0 Å². The van der Waals surface area contributed by atoms with Gasteiger partial charge in [0.25, 0.3) is 0 Å². The van der Waals surface area contributed by atoms with Crippen LogP contribution in [0.3, 0.4) is 0 Å². The van der Waals surface area contributed by atoms with Crippen LogP contribution in [0, 0.1) is 0 Å². The predicted molar refractivity (Wildman–Crippen MR) is 73.5 cm³/mol. The largest absolute Gasteiger partial charge is 0.463 e. The molecule has 0 saturated carbocycles. The molecule has 0 atom stereocenters. The molecule has 0 aliphatic rings. The number of carbonyl (C=O) groups is 2. The molecule has 0 aliphatic heterocycles. The Bertz CT molecular complexity index is 261. The average molecular weight is 272 g/mol. The summed E-state index contributed by atoms with van der Waals surface area (Å²) in [5.41, 5.74) is 0. The second kappa shape index (κ2) is 16.4. The monoisotopic (exact) mass is 272 g/mol. The van der Waals surface area contributed by atoms with Crippen molar-refractivity contribution in [3.05, 3.63) is 25.3 Å². The van der Waals surface area contributed by atoms with Crippen LogP contribution < -0.4 is 0 Å². The summed E-state index contributed by atoms with van der Waals surface area (Å²) in [6.45, 7) is 9.57. The quantitative estimate of drug-likeness (QED) is 0.395. The van der Waals surface area contributed by atoms with Crippen molar-refractivity contribution in [2.45, 2.75) is 32.6 Å². The van der Waals surface area contributed by atoms with Crippen LogP contribution in [0.4, 0.5) is 0 Å². The van der Waals surface area contributed by atoms with Gasteiger partial charge >= 0.3 is 11.9 Å². The fourth-order valence-corrected chi connectivity index (χ4v) is 0.822. The van der Waals surface area contributed by atoms with E-state index in [-0.39, 0.29) is 12.6 Å². The van der Waals surface area contributed by atoms with Gasteiger partial charge in [0.15, 0.2) is 0 Å². The maximum Gasteiger partial charge on any atom is 0.330 e. The molecule has 0 aliphatic carbocycles. The maximum atomic E-state index is 10.4. The van der Waals surface area contributed by atoms with Gasteiger partial charge in [0.05, 0.1) is 13.2 Å². The van der Waals surface area contributed by atoms with Gasteiger partial charge in [0.1, 0.15) is 0 Å². The molecule has 110 valence electrons. The lowest BCUT2D eigenvalue weighted by Crippen LogP contribution is -2.02. The number of aliphatic hydroxyl groups excluding tert-OH is 1. The highest BCUT2D eigenvalue weighted by Crippen LogP contribution is 1.89. The molecule has 0 aromatic heterocycles. The van der Waals surface area contributed by atoms with E-state index >= 15 is 0 Å². The van der Waals surface area contributed by atoms with E-state index in [1.807, 2.05) is 6.92 Å². The fourth-order valence-electron chi connectivity index (χ4n) is 0.822. The molecular formula is C14H24O5. The van der Waals surface area contributed by atoms with Crippen molar-refractivity contribution in [1.82, 2.24) is 0 Å². The van der Waals surface area contributed by atoms with E-state index in [9.17, 15) is 9.59 Å². The smallest absolute Gasteiger partial charge is 0.330 e. The highest BCUT2D eigenvalue weighted by atomic mass is 16.5. The Hall–Kier alpha value is -1.62. The van der Waals surface area contributed by atoms with Crippen LogP contribution in [0.2, 0.25) is 0 Å². The van der Waals surface area contributed by atoms with E-state index < -0.39 is 5.97 Å². The van der Waals surface area contributed by atoms with Gasteiger partial charge in [-0.3, -0.25) is 0 Å². The number of ether oxygens (including phenoxy) is 2. The minimum atomic E-state index is -0.405. The van der Waals surface area contributed by atoms with Crippen molar-refractivity contribution in [2.75, 3.05) is 19.8 Å². The van der Waals surface area contributed by atoms with Crippen molar-refractivity contribution in [3.63, 3.8) is 0 Å². The zero-order valence-electron chi connectivity index (χ0n) is 11.6. The Kier molecular flexibility index (Phi) is 17.0. The molecule has 0 saturated heterocycles. The first-order chi connectivity index (χ1) is 9.12. The summed E-state index contributed by atoms with van der Waals surface area (Å²) in [5, 5.41) is 8.33. The third-order valence-corrected chi connectivity index (χ3v) is 1.87. The first-order valence-electron chi connectivity index (χ1n) is 6.31. The van der Waals surface area contributed by atoms with Crippen molar-refractivity contribution in [3.8, 4) is 0 Å². The summed E-state index contributed by atoms with van der Waals surface area (Å²) >= 11 is 0. The van der Waals surface area contributed by atoms with Crippen LogP contribution in [0.5, 0.6) is 0 Å². The topological polar surface area (TPSA) is 72.8 Å². The Labute approximate surface area is 114 Å². The molecule has 1 N–H and O–H groups in total. The molecule has 0 amide bonds. The summed E-state index contributed by atoms with van der Waals surface area (Å²) in [6.07, 6.45) is 5.65. The Morgan fingerprint density at radius 1 is 1.00 bits per heavy atom. The zero-order chi connectivity index (χ0) is 14.9. The van der Waals surface area contributed by atoms with Crippen LogP contribution in [0.1, 0.15) is 32.6 Å². The van der Waals surface area contributed by atoms with Crippen LogP contribution in [0.15, 0.2) is 25.3 Å². The molecule has 0 aromatic carbocycles. The summed E-state index contributed by atoms with van der Waals surface area (Å²) < 4.78 is 9.30. The maximum absolute atomic E-state index is 10.4. The Morgan fingerprint density at radius 2 is 1.47 bits per heavy atom. The fraction of sp³-hybridized carbons (Fsp3) is 0.571. The molecule has 0 bridgehead atoms. The number of aliphatic hydroxyl groups is 1. The highest BCUT2D eigenvalue weighted by molar-refractivity contribution is 5.81. The summed E-state index contributed by atoms with van der Waals surface area (Å²) in [5.74, 6) is -0.735. The van der Waals surface area contributed by atoms with Gasteiger partial charge < -0.3 is 14.6 Å². The van der Waals surface area contributed by atoms with Crippen LogP contribution in [0.25, 0.3) is 0 Å². The highest BCUT2D eigenvalue weighted by Gasteiger charge is 1.93. The number of unbranched alkanes of at least 4 members (excludes halogenated alkanes) is 2. The molecule has 5 nitrogen and oxygen atoms in total. The van der Waals surface area contributed by atoms with E-state index in [0.717, 1.165) is 18.9 Å². The second-order valence-electron chi connectivity index (χ2n) is 3.53. The van der Waals surface area contributed by atoms with Gasteiger partial charge in [-0.15, -0.1) is 0 Å². The third-order valence-electron chi connectivity index (χ3n) is 1.87. The third kappa shape index (κ3) is 18.9. The summed E-state index contributed by atoms with van der Waals surface area (Å²) in [4.78, 5) is 20.7. The van der Waals surface area contributed by atoms with Gasteiger partial charge in [-0.05, 0) is 19.3 Å². The molecule has 0 heterocycles. The molecule has 0 unspecified atom stereocenters. The Morgan fingerprint density at radius 3 is 1.84 bits per heavy atom. The SMILES string of the molecule is C=CC(=O)OCCCC.C=CC(=O)OCCCCO. The lowest BCUT2D eigenvalue weighted by atomic mass is 10.3. The van der Waals surface area contributed by atoms with Crippen molar-refractivity contribution < 1.29 is 24.2 Å². The van der Waals surface area contributed by atoms with Gasteiger partial charge in [0, 0.05) is 18.8 Å². The molecule has 19 heavy (non-hydrogen) atoms. The lowest BCUT2D eigenvalue weighted by molar-refractivity contribution is -0.138. The van der Waals surface area contributed by atoms with Crippen molar-refractivity contribution in [1.29, 1.82) is 0 Å². The summed E-state index contributed by atoms with van der Waals surface area (Å²) in [7, 11) is 0. The normalized spacial score (nSPS) is 8.74. The lowest BCUT2D eigenvalue weighted by Gasteiger charge is -1.98. The van der Waals surface area contributed by atoms with Gasteiger partial charge in [-0.2, -0.15) is 0 Å². The number of rotatable bonds is 9.